The SMILES string of the molecule is O=c1cccccc1O[As]1Oc2ccccc2O1. The van der Waals surface area contributed by atoms with Gasteiger partial charge in [-0.3, -0.25) is 0 Å². The molecule has 90 valence electrons. The number of para-hydroxylation sites is 2. The first kappa shape index (κ1) is 11.2. The summed E-state index contributed by atoms with van der Waals surface area (Å²) in [7, 11) is 0. The molecule has 18 heavy (non-hydrogen) atoms. The Morgan fingerprint density at radius 3 is 2.17 bits per heavy atom. The van der Waals surface area contributed by atoms with E-state index in [9.17, 15) is 4.79 Å². The first-order valence-electron chi connectivity index (χ1n) is 5.35. The quantitative estimate of drug-likeness (QED) is 0.795. The van der Waals surface area contributed by atoms with Crippen molar-refractivity contribution in [1.29, 1.82) is 0 Å². The molecule has 0 fully saturated rings. The number of hydrogen-bond donors (Lipinski definition) is 0. The second kappa shape index (κ2) is 4.75. The summed E-state index contributed by atoms with van der Waals surface area (Å²) in [5.41, 5.74) is -0.183. The third-order valence-corrected chi connectivity index (χ3v) is 4.50. The van der Waals surface area contributed by atoms with Gasteiger partial charge < -0.3 is 0 Å². The Morgan fingerprint density at radius 1 is 0.833 bits per heavy atom. The molecule has 0 bridgehead atoms. The van der Waals surface area contributed by atoms with Crippen LogP contribution in [0.3, 0.4) is 0 Å². The molecule has 4 nitrogen and oxygen atoms in total. The van der Waals surface area contributed by atoms with E-state index < -0.39 is 15.7 Å². The number of fused-ring (bicyclic) bond motifs is 1. The van der Waals surface area contributed by atoms with Crippen LogP contribution in [0.4, 0.5) is 0 Å². The fourth-order valence-electron chi connectivity index (χ4n) is 1.49. The molecule has 0 aliphatic carbocycles. The molecule has 2 aromatic carbocycles. The summed E-state index contributed by atoms with van der Waals surface area (Å²) in [6.07, 6.45) is 0. The van der Waals surface area contributed by atoms with Crippen LogP contribution < -0.4 is 16.6 Å². The van der Waals surface area contributed by atoms with Crippen LogP contribution in [-0.2, 0) is 0 Å². The van der Waals surface area contributed by atoms with E-state index in [0.717, 1.165) is 0 Å². The van der Waals surface area contributed by atoms with Gasteiger partial charge >= 0.3 is 109 Å². The van der Waals surface area contributed by atoms with E-state index in [4.69, 9.17) is 11.2 Å². The van der Waals surface area contributed by atoms with Crippen LogP contribution in [-0.4, -0.2) is 15.7 Å². The number of benzene rings is 1. The fourth-order valence-corrected chi connectivity index (χ4v) is 3.68. The van der Waals surface area contributed by atoms with Crippen molar-refractivity contribution in [2.75, 3.05) is 0 Å². The van der Waals surface area contributed by atoms with Crippen LogP contribution in [0.15, 0.2) is 59.4 Å². The van der Waals surface area contributed by atoms with Crippen molar-refractivity contribution in [3.05, 3.63) is 64.8 Å². The van der Waals surface area contributed by atoms with Crippen LogP contribution in [0.5, 0.6) is 17.2 Å². The van der Waals surface area contributed by atoms with E-state index in [1.165, 1.54) is 6.07 Å². The van der Waals surface area contributed by atoms with Gasteiger partial charge in [0.1, 0.15) is 0 Å². The van der Waals surface area contributed by atoms with Gasteiger partial charge in [-0.2, -0.15) is 0 Å². The molecule has 5 heteroatoms. The molecule has 0 saturated carbocycles. The standard InChI is InChI=1S/C13H9AsO4/c15-10-6-2-1-3-7-11(10)16-14-17-12-8-4-5-9-13(12)18-14/h1-9H. The summed E-state index contributed by atoms with van der Waals surface area (Å²) in [5.74, 6) is 1.60. The van der Waals surface area contributed by atoms with Gasteiger partial charge in [0.05, 0.1) is 0 Å². The third-order valence-electron chi connectivity index (χ3n) is 2.33. The Morgan fingerprint density at radius 2 is 1.44 bits per heavy atom. The van der Waals surface area contributed by atoms with Crippen LogP contribution in [0, 0.1) is 0 Å². The molecular formula is C13H9AsO4. The Labute approximate surface area is 109 Å². The molecule has 0 N–H and O–H groups in total. The molecule has 0 amide bonds. The Bertz CT molecular complexity index is 604. The molecule has 0 saturated heterocycles. The molecule has 0 unspecified atom stereocenters. The summed E-state index contributed by atoms with van der Waals surface area (Å²) in [5, 5.41) is 0. The zero-order valence-electron chi connectivity index (χ0n) is 9.28. The minimum atomic E-state index is -2.43. The summed E-state index contributed by atoms with van der Waals surface area (Å²) >= 11 is -2.43. The molecule has 1 aliphatic heterocycles. The summed E-state index contributed by atoms with van der Waals surface area (Å²) in [6.45, 7) is 0. The van der Waals surface area contributed by atoms with Gasteiger partial charge in [-0.25, -0.2) is 0 Å². The second-order valence-electron chi connectivity index (χ2n) is 3.58. The average molecular weight is 304 g/mol. The van der Waals surface area contributed by atoms with Gasteiger partial charge in [-0.1, -0.05) is 0 Å². The normalized spacial score (nSPS) is 13.3. The zero-order chi connectivity index (χ0) is 12.4. The van der Waals surface area contributed by atoms with Crippen molar-refractivity contribution in [3.8, 4) is 17.2 Å². The monoisotopic (exact) mass is 304 g/mol. The van der Waals surface area contributed by atoms with Crippen LogP contribution in [0.2, 0.25) is 0 Å². The van der Waals surface area contributed by atoms with Crippen molar-refractivity contribution in [2.45, 2.75) is 0 Å². The van der Waals surface area contributed by atoms with Gasteiger partial charge in [0.25, 0.3) is 0 Å². The third kappa shape index (κ3) is 2.20. The first-order chi connectivity index (χ1) is 8.83. The van der Waals surface area contributed by atoms with Crippen LogP contribution >= 0.6 is 0 Å². The van der Waals surface area contributed by atoms with Gasteiger partial charge in [0, 0.05) is 0 Å². The maximum absolute atomic E-state index is 11.7. The van der Waals surface area contributed by atoms with E-state index in [1.807, 2.05) is 24.3 Å². The minimum absolute atomic E-state index is 0.183. The van der Waals surface area contributed by atoms with Crippen LogP contribution in [0.25, 0.3) is 0 Å². The molecule has 2 aromatic rings. The summed E-state index contributed by atoms with van der Waals surface area (Å²) in [4.78, 5) is 11.7. The van der Waals surface area contributed by atoms with Gasteiger partial charge in [-0.05, 0) is 0 Å². The molecule has 1 heterocycles. The van der Waals surface area contributed by atoms with Gasteiger partial charge in [0.15, 0.2) is 0 Å². The molecular weight excluding hydrogens is 295 g/mol. The van der Waals surface area contributed by atoms with E-state index >= 15 is 0 Å². The Balaban J connectivity index is 1.81. The zero-order valence-corrected chi connectivity index (χ0v) is 11.2. The van der Waals surface area contributed by atoms with Crippen molar-refractivity contribution >= 4 is 15.7 Å². The number of hydrogen-bond acceptors (Lipinski definition) is 4. The van der Waals surface area contributed by atoms with Crippen molar-refractivity contribution in [1.82, 2.24) is 0 Å². The van der Waals surface area contributed by atoms with Crippen molar-refractivity contribution in [2.24, 2.45) is 0 Å². The van der Waals surface area contributed by atoms with E-state index in [2.05, 4.69) is 0 Å². The molecule has 0 atom stereocenters. The molecule has 1 aliphatic rings. The van der Waals surface area contributed by atoms with Crippen molar-refractivity contribution < 1.29 is 11.2 Å². The second-order valence-corrected chi connectivity index (χ2v) is 5.67. The summed E-state index contributed by atoms with van der Waals surface area (Å²) < 4.78 is 16.7. The van der Waals surface area contributed by atoms with Crippen LogP contribution in [0.1, 0.15) is 0 Å². The maximum atomic E-state index is 11.7. The average Bonchev–Trinajstić information content (AvgIpc) is 2.68. The molecule has 3 rings (SSSR count). The number of rotatable bonds is 2. The fraction of sp³-hybridized carbons (Fsp3) is 0. The van der Waals surface area contributed by atoms with Gasteiger partial charge in [0.2, 0.25) is 0 Å². The molecule has 0 radical (unpaired) electrons. The topological polar surface area (TPSA) is 44.8 Å². The first-order valence-corrected chi connectivity index (χ1v) is 7.65. The van der Waals surface area contributed by atoms with E-state index in [1.54, 1.807) is 24.3 Å². The summed E-state index contributed by atoms with van der Waals surface area (Å²) in [6, 6.07) is 15.6. The Hall–Kier alpha value is -1.93. The van der Waals surface area contributed by atoms with Gasteiger partial charge in [-0.15, -0.1) is 0 Å². The predicted octanol–water partition coefficient (Wildman–Crippen LogP) is 1.88. The molecule has 0 spiro atoms. The molecule has 0 aromatic heterocycles. The Kier molecular flexibility index (Phi) is 2.95. The van der Waals surface area contributed by atoms with Crippen molar-refractivity contribution in [3.63, 3.8) is 0 Å². The predicted molar refractivity (Wildman–Crippen MR) is 66.8 cm³/mol. The van der Waals surface area contributed by atoms with E-state index in [-0.39, 0.29) is 11.2 Å². The van der Waals surface area contributed by atoms with E-state index in [0.29, 0.717) is 11.5 Å².